The summed E-state index contributed by atoms with van der Waals surface area (Å²) in [6, 6.07) is 0. The van der Waals surface area contributed by atoms with Crippen molar-refractivity contribution < 1.29 is 23.8 Å². The third-order valence-corrected chi connectivity index (χ3v) is 13.9. The Bertz CT molecular complexity index is 1150. The van der Waals surface area contributed by atoms with Gasteiger partial charge in [-0.1, -0.05) is 281 Å². The molecule has 5 nitrogen and oxygen atoms in total. The Kier molecular flexibility index (Phi) is 59.3. The van der Waals surface area contributed by atoms with E-state index in [1.807, 2.05) is 0 Å². The zero-order valence-corrected chi connectivity index (χ0v) is 47.3. The van der Waals surface area contributed by atoms with Crippen molar-refractivity contribution in [1.82, 2.24) is 0 Å². The number of carbonyl (C=O) groups is 2. The second kappa shape index (κ2) is 61.2. The molecule has 0 aromatic carbocycles. The summed E-state index contributed by atoms with van der Waals surface area (Å²) < 4.78 is 17.5. The molecule has 0 saturated heterocycles. The van der Waals surface area contributed by atoms with E-state index in [9.17, 15) is 9.59 Å². The quantitative estimate of drug-likeness (QED) is 0.0345. The molecule has 0 aromatic heterocycles. The first-order valence-electron chi connectivity index (χ1n) is 31.2. The Labute approximate surface area is 437 Å². The van der Waals surface area contributed by atoms with Gasteiger partial charge in [0.15, 0.2) is 0 Å². The van der Waals surface area contributed by atoms with E-state index in [4.69, 9.17) is 14.2 Å². The Morgan fingerprint density at radius 2 is 0.543 bits per heavy atom. The van der Waals surface area contributed by atoms with Gasteiger partial charge in [-0.15, -0.1) is 0 Å². The van der Waals surface area contributed by atoms with Crippen molar-refractivity contribution in [1.29, 1.82) is 0 Å². The van der Waals surface area contributed by atoms with Gasteiger partial charge in [0, 0.05) is 19.4 Å². The predicted molar refractivity (Wildman–Crippen MR) is 307 cm³/mol. The lowest BCUT2D eigenvalue weighted by molar-refractivity contribution is -0.155. The monoisotopic (exact) mass is 981 g/mol. The van der Waals surface area contributed by atoms with Gasteiger partial charge < -0.3 is 14.2 Å². The Morgan fingerprint density at radius 3 is 0.886 bits per heavy atom. The summed E-state index contributed by atoms with van der Waals surface area (Å²) in [6.07, 6.45) is 77.3. The molecule has 0 aromatic rings. The van der Waals surface area contributed by atoms with E-state index in [1.54, 1.807) is 0 Å². The molecule has 0 saturated carbocycles. The average molecular weight is 982 g/mol. The van der Waals surface area contributed by atoms with Crippen molar-refractivity contribution >= 4 is 11.9 Å². The molecule has 0 rings (SSSR count). The summed E-state index contributed by atoms with van der Waals surface area (Å²) in [6.45, 7) is 7.73. The predicted octanol–water partition coefficient (Wildman–Crippen LogP) is 21.5. The van der Waals surface area contributed by atoms with Crippen molar-refractivity contribution in [3.05, 3.63) is 48.6 Å². The fourth-order valence-corrected chi connectivity index (χ4v) is 9.14. The molecule has 0 amide bonds. The summed E-state index contributed by atoms with van der Waals surface area (Å²) in [4.78, 5) is 25.4. The molecule has 0 fully saturated rings. The van der Waals surface area contributed by atoms with Crippen LogP contribution in [-0.2, 0) is 23.8 Å². The van der Waals surface area contributed by atoms with Crippen LogP contribution in [0, 0.1) is 0 Å². The maximum atomic E-state index is 12.7. The van der Waals surface area contributed by atoms with Crippen LogP contribution in [0.3, 0.4) is 0 Å². The lowest BCUT2D eigenvalue weighted by Gasteiger charge is -2.18. The van der Waals surface area contributed by atoms with Crippen LogP contribution in [0.15, 0.2) is 48.6 Å². The van der Waals surface area contributed by atoms with Gasteiger partial charge in [-0.2, -0.15) is 0 Å². The molecular weight excluding hydrogens is 861 g/mol. The van der Waals surface area contributed by atoms with Gasteiger partial charge in [-0.05, 0) is 83.5 Å². The third kappa shape index (κ3) is 58.4. The van der Waals surface area contributed by atoms with Crippen molar-refractivity contribution in [3.8, 4) is 0 Å². The Balaban J connectivity index is 4.24. The van der Waals surface area contributed by atoms with Crippen LogP contribution >= 0.6 is 0 Å². The molecule has 0 bridgehead atoms. The highest BCUT2D eigenvalue weighted by Gasteiger charge is 2.16. The Hall–Kier alpha value is -2.14. The van der Waals surface area contributed by atoms with E-state index in [1.165, 1.54) is 225 Å². The van der Waals surface area contributed by atoms with Gasteiger partial charge in [0.2, 0.25) is 0 Å². The van der Waals surface area contributed by atoms with Gasteiger partial charge in [0.05, 0.1) is 0 Å². The van der Waals surface area contributed by atoms with Gasteiger partial charge in [-0.25, -0.2) is 0 Å². The van der Waals surface area contributed by atoms with E-state index in [-0.39, 0.29) is 25.2 Å². The first-order valence-corrected chi connectivity index (χ1v) is 31.2. The highest BCUT2D eigenvalue weighted by Crippen LogP contribution is 2.17. The van der Waals surface area contributed by atoms with E-state index >= 15 is 0 Å². The van der Waals surface area contributed by atoms with Crippen molar-refractivity contribution in [2.75, 3.05) is 19.8 Å². The molecule has 0 aliphatic heterocycles. The maximum absolute atomic E-state index is 12.7. The maximum Gasteiger partial charge on any atom is 0.305 e. The standard InChI is InChI=1S/C65H120O5/c1-4-7-10-13-16-19-22-25-28-31-32-33-34-36-38-41-44-47-50-53-56-59-65(67)70-62-63(68-60-57-54-51-48-45-42-39-30-27-24-21-18-15-12-9-6-3)61-69-64(66)58-55-52-49-46-43-40-37-35-29-26-23-20-17-14-11-8-5-2/h17,20,25-26,28-29,37,40,63H,4-16,18-19,21-24,27,30-36,38-39,41-62H2,1-3H3/b20-17-,28-25-,29-26-,40-37-/t63-/m1/s1. The molecule has 5 heteroatoms. The molecule has 1 atom stereocenters. The van der Waals surface area contributed by atoms with E-state index < -0.39 is 6.10 Å². The molecule has 410 valence electrons. The molecule has 0 aliphatic carbocycles. The van der Waals surface area contributed by atoms with Crippen LogP contribution in [0.25, 0.3) is 0 Å². The molecular formula is C65H120O5. The van der Waals surface area contributed by atoms with Crippen LogP contribution in [0.1, 0.15) is 329 Å². The zero-order chi connectivity index (χ0) is 50.6. The minimum Gasteiger partial charge on any atom is -0.463 e. The summed E-state index contributed by atoms with van der Waals surface area (Å²) in [7, 11) is 0. The average Bonchev–Trinajstić information content (AvgIpc) is 3.36. The highest BCUT2D eigenvalue weighted by molar-refractivity contribution is 5.69. The number of hydrogen-bond donors (Lipinski definition) is 0. The summed E-state index contributed by atoms with van der Waals surface area (Å²) in [5, 5.41) is 0. The highest BCUT2D eigenvalue weighted by atomic mass is 16.6. The van der Waals surface area contributed by atoms with Crippen LogP contribution in [-0.4, -0.2) is 37.9 Å². The third-order valence-electron chi connectivity index (χ3n) is 13.9. The van der Waals surface area contributed by atoms with E-state index in [0.29, 0.717) is 19.4 Å². The first kappa shape index (κ1) is 67.9. The van der Waals surface area contributed by atoms with Gasteiger partial charge >= 0.3 is 11.9 Å². The zero-order valence-electron chi connectivity index (χ0n) is 47.3. The lowest BCUT2D eigenvalue weighted by atomic mass is 10.0. The summed E-state index contributed by atoms with van der Waals surface area (Å²) >= 11 is 0. The molecule has 0 radical (unpaired) electrons. The smallest absolute Gasteiger partial charge is 0.305 e. The topological polar surface area (TPSA) is 61.8 Å². The molecule has 70 heavy (non-hydrogen) atoms. The van der Waals surface area contributed by atoms with Gasteiger partial charge in [0.25, 0.3) is 0 Å². The fraction of sp³-hybridized carbons (Fsp3) is 0.846. The number of unbranched alkanes of at least 4 members (excludes halogenated alkanes) is 39. The van der Waals surface area contributed by atoms with Gasteiger partial charge in [0.1, 0.15) is 19.3 Å². The molecule has 0 spiro atoms. The Morgan fingerprint density at radius 1 is 0.300 bits per heavy atom. The van der Waals surface area contributed by atoms with Crippen LogP contribution in [0.4, 0.5) is 0 Å². The van der Waals surface area contributed by atoms with Crippen LogP contribution in [0.2, 0.25) is 0 Å². The van der Waals surface area contributed by atoms with Crippen molar-refractivity contribution in [2.45, 2.75) is 335 Å². The largest absolute Gasteiger partial charge is 0.463 e. The van der Waals surface area contributed by atoms with Gasteiger partial charge in [-0.3, -0.25) is 9.59 Å². The van der Waals surface area contributed by atoms with Crippen molar-refractivity contribution in [3.63, 3.8) is 0 Å². The first-order chi connectivity index (χ1) is 34.6. The number of hydrogen-bond acceptors (Lipinski definition) is 5. The van der Waals surface area contributed by atoms with E-state index in [2.05, 4.69) is 69.4 Å². The molecule has 0 aliphatic rings. The number of carbonyl (C=O) groups excluding carboxylic acids is 2. The lowest BCUT2D eigenvalue weighted by Crippen LogP contribution is -2.29. The van der Waals surface area contributed by atoms with E-state index in [0.717, 1.165) is 70.6 Å². The summed E-state index contributed by atoms with van der Waals surface area (Å²) in [5.74, 6) is -0.343. The van der Waals surface area contributed by atoms with Crippen LogP contribution in [0.5, 0.6) is 0 Å². The molecule has 0 unspecified atom stereocenters. The minimum atomic E-state index is -0.408. The fourth-order valence-electron chi connectivity index (χ4n) is 9.14. The molecule has 0 heterocycles. The normalized spacial score (nSPS) is 12.4. The van der Waals surface area contributed by atoms with Crippen molar-refractivity contribution in [2.24, 2.45) is 0 Å². The minimum absolute atomic E-state index is 0.149. The number of esters is 2. The number of rotatable bonds is 58. The SMILES string of the molecule is CCCCC/C=C\C/C=C\C/C=C\CCCCCCC(=O)OC[C@H](COC(=O)CCCCCCCCCCCCC/C=C\CCCCCCCC)OCCCCCCCCCCCCCCCCCC. The number of ether oxygens (including phenoxy) is 3. The second-order valence-electron chi connectivity index (χ2n) is 21.0. The summed E-state index contributed by atoms with van der Waals surface area (Å²) in [5.41, 5.74) is 0. The van der Waals surface area contributed by atoms with Crippen LogP contribution < -0.4 is 0 Å². The number of allylic oxidation sites excluding steroid dienone is 8. The molecule has 0 N–H and O–H groups in total. The second-order valence-corrected chi connectivity index (χ2v) is 21.0.